The second kappa shape index (κ2) is 11.4. The summed E-state index contributed by atoms with van der Waals surface area (Å²) in [5, 5.41) is -0.161. The molecule has 0 radical (unpaired) electrons. The molecule has 3 aromatic rings. The third-order valence-corrected chi connectivity index (χ3v) is 13.4. The van der Waals surface area contributed by atoms with Gasteiger partial charge in [0, 0.05) is 14.5 Å². The Balaban J connectivity index is 2.16. The number of hydrogen-bond acceptors (Lipinski definition) is 4. The molecule has 0 amide bonds. The van der Waals surface area contributed by atoms with E-state index in [9.17, 15) is 13.2 Å². The zero-order valence-electron chi connectivity index (χ0n) is 21.0. The van der Waals surface area contributed by atoms with Gasteiger partial charge in [-0.1, -0.05) is 95.1 Å². The number of carbonyl (C=O) groups excluding carboxylic acids is 1. The Morgan fingerprint density at radius 2 is 1.36 bits per heavy atom. The Bertz CT molecular complexity index is 1290. The molecule has 3 aromatic carbocycles. The summed E-state index contributed by atoms with van der Waals surface area (Å²) < 4.78 is 38.2. The Labute approximate surface area is 232 Å². The van der Waals surface area contributed by atoms with E-state index in [2.05, 4.69) is 70.4 Å². The molecular weight excluding hydrogens is 622 g/mol. The highest BCUT2D eigenvalue weighted by Crippen LogP contribution is 2.41. The van der Waals surface area contributed by atoms with Crippen LogP contribution in [0.2, 0.25) is 18.1 Å². The molecule has 0 saturated heterocycles. The lowest BCUT2D eigenvalue weighted by atomic mass is 9.96. The molecule has 36 heavy (non-hydrogen) atoms. The maximum absolute atomic E-state index is 13.9. The minimum absolute atomic E-state index is 0.0680. The van der Waals surface area contributed by atoms with Gasteiger partial charge in [-0.15, -0.1) is 0 Å². The number of rotatable bonds is 9. The molecule has 0 aliphatic rings. The zero-order valence-corrected chi connectivity index (χ0v) is 25.9. The normalized spacial score (nSPS) is 14.3. The molecule has 0 fully saturated rings. The van der Waals surface area contributed by atoms with Gasteiger partial charge in [0.05, 0.1) is 11.0 Å². The van der Waals surface area contributed by atoms with Gasteiger partial charge in [-0.05, 0) is 60.1 Å². The van der Waals surface area contributed by atoms with E-state index in [1.807, 2.05) is 30.3 Å². The smallest absolute Gasteiger partial charge is 0.241 e. The molecule has 5 nitrogen and oxygen atoms in total. The maximum Gasteiger partial charge on any atom is 0.241 e. The fourth-order valence-electron chi connectivity index (χ4n) is 3.36. The van der Waals surface area contributed by atoms with Gasteiger partial charge in [-0.2, -0.15) is 4.72 Å². The highest BCUT2D eigenvalue weighted by molar-refractivity contribution is 9.10. The van der Waals surface area contributed by atoms with E-state index < -0.39 is 30.5 Å². The fraction of sp³-hybridized carbons (Fsp3) is 0.296. The summed E-state index contributed by atoms with van der Waals surface area (Å²) in [5.74, 6) is -0.358. The van der Waals surface area contributed by atoms with Crippen molar-refractivity contribution in [3.63, 3.8) is 0 Å². The van der Waals surface area contributed by atoms with Crippen molar-refractivity contribution >= 4 is 56.0 Å². The number of Topliss-reactive ketones (excluding diaryl/α,β-unsaturated/α-hetero) is 1. The van der Waals surface area contributed by atoms with Crippen LogP contribution in [0, 0.1) is 0 Å². The number of carbonyl (C=O) groups is 1. The first-order valence-corrected chi connectivity index (χ1v) is 17.5. The van der Waals surface area contributed by atoms with Crippen LogP contribution in [0.5, 0.6) is 0 Å². The van der Waals surface area contributed by atoms with Crippen LogP contribution < -0.4 is 4.72 Å². The Morgan fingerprint density at radius 3 is 1.86 bits per heavy atom. The molecule has 0 aromatic heterocycles. The molecule has 2 atom stereocenters. The Kier molecular flexibility index (Phi) is 9.17. The number of halogens is 2. The molecule has 0 heterocycles. The van der Waals surface area contributed by atoms with E-state index in [0.717, 1.165) is 14.5 Å². The lowest BCUT2D eigenvalue weighted by molar-refractivity contribution is 0.0813. The van der Waals surface area contributed by atoms with E-state index in [1.165, 1.54) is 12.1 Å². The predicted molar refractivity (Wildman–Crippen MR) is 154 cm³/mol. The fourth-order valence-corrected chi connectivity index (χ4v) is 6.34. The third kappa shape index (κ3) is 7.02. The molecule has 0 unspecified atom stereocenters. The van der Waals surface area contributed by atoms with Crippen LogP contribution in [0.1, 0.15) is 42.8 Å². The van der Waals surface area contributed by atoms with Crippen molar-refractivity contribution in [1.82, 2.24) is 4.72 Å². The van der Waals surface area contributed by atoms with Crippen LogP contribution >= 0.6 is 31.9 Å². The molecule has 0 aliphatic carbocycles. The zero-order chi connectivity index (χ0) is 26.7. The van der Waals surface area contributed by atoms with Gasteiger partial charge in [-0.25, -0.2) is 8.42 Å². The summed E-state index contributed by atoms with van der Waals surface area (Å²) in [6.07, 6.45) is -0.836. The second-order valence-corrected chi connectivity index (χ2v) is 18.4. The SMILES string of the molecule is CC(C)(C)[Si](C)(C)O[C@@H](c1ccc(Br)cc1)[C@@H](NS(=O)(=O)c1ccc(Br)cc1)C(=O)c1ccccc1. The Morgan fingerprint density at radius 1 is 0.861 bits per heavy atom. The molecule has 1 N–H and O–H groups in total. The number of hydrogen-bond donors (Lipinski definition) is 1. The van der Waals surface area contributed by atoms with Crippen molar-refractivity contribution < 1.29 is 17.6 Å². The van der Waals surface area contributed by atoms with Gasteiger partial charge >= 0.3 is 0 Å². The first-order chi connectivity index (χ1) is 16.7. The predicted octanol–water partition coefficient (Wildman–Crippen LogP) is 7.50. The van der Waals surface area contributed by atoms with Crippen LogP contribution in [-0.2, 0) is 14.4 Å². The first kappa shape index (κ1) is 28.9. The highest BCUT2D eigenvalue weighted by Gasteiger charge is 2.44. The van der Waals surface area contributed by atoms with Crippen LogP contribution in [-0.4, -0.2) is 28.6 Å². The second-order valence-electron chi connectivity index (χ2n) is 10.1. The summed E-state index contributed by atoms with van der Waals surface area (Å²) in [4.78, 5) is 14.0. The summed E-state index contributed by atoms with van der Waals surface area (Å²) in [7, 11) is -6.49. The van der Waals surface area contributed by atoms with Crippen LogP contribution in [0.3, 0.4) is 0 Å². The number of sulfonamides is 1. The third-order valence-electron chi connectivity index (χ3n) is 6.48. The van der Waals surface area contributed by atoms with Gasteiger partial charge in [0.2, 0.25) is 10.0 Å². The molecule has 0 bridgehead atoms. The van der Waals surface area contributed by atoms with E-state index in [0.29, 0.717) is 5.56 Å². The average molecular weight is 654 g/mol. The molecular formula is C27H31Br2NO4SSi. The van der Waals surface area contributed by atoms with Gasteiger partial charge in [0.25, 0.3) is 0 Å². The topological polar surface area (TPSA) is 72.5 Å². The minimum Gasteiger partial charge on any atom is -0.408 e. The van der Waals surface area contributed by atoms with E-state index >= 15 is 0 Å². The van der Waals surface area contributed by atoms with Crippen molar-refractivity contribution in [1.29, 1.82) is 0 Å². The number of ketones is 1. The van der Waals surface area contributed by atoms with Crippen molar-refractivity contribution in [3.8, 4) is 0 Å². The van der Waals surface area contributed by atoms with E-state index in [4.69, 9.17) is 4.43 Å². The van der Waals surface area contributed by atoms with E-state index in [-0.39, 0.29) is 15.7 Å². The van der Waals surface area contributed by atoms with Crippen molar-refractivity contribution in [3.05, 3.63) is 98.9 Å². The monoisotopic (exact) mass is 651 g/mol. The molecule has 0 spiro atoms. The molecule has 3 rings (SSSR count). The molecule has 0 aliphatic heterocycles. The largest absolute Gasteiger partial charge is 0.408 e. The summed E-state index contributed by atoms with van der Waals surface area (Å²) in [5.41, 5.74) is 1.12. The highest BCUT2D eigenvalue weighted by atomic mass is 79.9. The molecule has 192 valence electrons. The minimum atomic E-state index is -4.05. The quantitative estimate of drug-likeness (QED) is 0.192. The van der Waals surface area contributed by atoms with Gasteiger partial charge in [0.1, 0.15) is 6.04 Å². The summed E-state index contributed by atoms with van der Waals surface area (Å²) in [6, 6.07) is 21.3. The Hall–Kier alpha value is -1.62. The van der Waals surface area contributed by atoms with Crippen LogP contribution in [0.4, 0.5) is 0 Å². The van der Waals surface area contributed by atoms with Crippen molar-refractivity contribution in [2.45, 2.75) is 55.9 Å². The van der Waals surface area contributed by atoms with Crippen LogP contribution in [0.25, 0.3) is 0 Å². The maximum atomic E-state index is 13.9. The van der Waals surface area contributed by atoms with Gasteiger partial charge in [-0.3, -0.25) is 4.79 Å². The number of benzene rings is 3. The average Bonchev–Trinajstić information content (AvgIpc) is 2.81. The summed E-state index contributed by atoms with van der Waals surface area (Å²) >= 11 is 6.80. The van der Waals surface area contributed by atoms with Gasteiger partial charge < -0.3 is 4.43 Å². The first-order valence-electron chi connectivity index (χ1n) is 11.5. The lowest BCUT2D eigenvalue weighted by Crippen LogP contribution is -2.50. The van der Waals surface area contributed by atoms with Gasteiger partial charge in [0.15, 0.2) is 14.1 Å². The molecule has 0 saturated carbocycles. The van der Waals surface area contributed by atoms with E-state index in [1.54, 1.807) is 36.4 Å². The summed E-state index contributed by atoms with van der Waals surface area (Å²) in [6.45, 7) is 10.5. The van der Waals surface area contributed by atoms with Crippen LogP contribution in [0.15, 0.2) is 92.7 Å². The molecule has 9 heteroatoms. The van der Waals surface area contributed by atoms with Crippen molar-refractivity contribution in [2.24, 2.45) is 0 Å². The standard InChI is InChI=1S/C27H31Br2NO4SSi/c1-27(2,3)36(4,5)34-26(20-11-13-21(28)14-12-20)24(25(31)19-9-7-6-8-10-19)30-35(32,33)23-17-15-22(29)16-18-23/h6-18,24,26,30H,1-5H3/t24-,26-/m0/s1. The van der Waals surface area contributed by atoms with Crippen molar-refractivity contribution in [2.75, 3.05) is 0 Å². The number of nitrogens with one attached hydrogen (secondary N) is 1. The lowest BCUT2D eigenvalue weighted by Gasteiger charge is -2.41.